The standard InChI is InChI=1S/C27H29N3O8S/c1-3-29-21-7-5-4-6-20(21)27(26(29)34)22(24(32)25(33)30(27)14-15-37-2)23(31)18-8-10-19(11-9-18)39(35,36)28-12-16-38-17-13-28/h4-11,31H,3,12-17H2,1-2H3/b23-22+. The van der Waals surface area contributed by atoms with Gasteiger partial charge in [-0.25, -0.2) is 8.42 Å². The average Bonchev–Trinajstić information content (AvgIpc) is 3.34. The number of likely N-dealkylation sites (tertiary alicyclic amines) is 1. The molecule has 3 aliphatic heterocycles. The van der Waals surface area contributed by atoms with Crippen molar-refractivity contribution in [2.45, 2.75) is 17.4 Å². The monoisotopic (exact) mass is 555 g/mol. The first kappa shape index (κ1) is 27.0. The van der Waals surface area contributed by atoms with E-state index >= 15 is 0 Å². The van der Waals surface area contributed by atoms with Crippen molar-refractivity contribution >= 4 is 39.1 Å². The quantitative estimate of drug-likeness (QED) is 0.307. The van der Waals surface area contributed by atoms with Crippen molar-refractivity contribution in [3.8, 4) is 0 Å². The van der Waals surface area contributed by atoms with Crippen LogP contribution in [0.3, 0.4) is 0 Å². The molecule has 11 nitrogen and oxygen atoms in total. The van der Waals surface area contributed by atoms with Gasteiger partial charge in [0.05, 0.1) is 36.0 Å². The van der Waals surface area contributed by atoms with Gasteiger partial charge in [0.2, 0.25) is 10.0 Å². The zero-order valence-electron chi connectivity index (χ0n) is 21.6. The van der Waals surface area contributed by atoms with Crippen LogP contribution in [0.15, 0.2) is 59.0 Å². The Morgan fingerprint density at radius 1 is 1.05 bits per heavy atom. The molecule has 0 aromatic heterocycles. The number of rotatable bonds is 7. The number of amides is 2. The van der Waals surface area contributed by atoms with Gasteiger partial charge in [0.1, 0.15) is 5.76 Å². The minimum absolute atomic E-state index is 0.00987. The SMILES string of the molecule is CCN1C(=O)C2(/C(=C(/O)c3ccc(S(=O)(=O)N4CCOCC4)cc3)C(=O)C(=O)N2CCOC)c2ccccc21. The number of hydrogen-bond acceptors (Lipinski definition) is 8. The Labute approximate surface area is 226 Å². The van der Waals surface area contributed by atoms with E-state index < -0.39 is 38.9 Å². The largest absolute Gasteiger partial charge is 0.507 e. The zero-order valence-corrected chi connectivity index (χ0v) is 22.4. The van der Waals surface area contributed by atoms with Crippen LogP contribution in [-0.4, -0.2) is 93.4 Å². The van der Waals surface area contributed by atoms with Crippen LogP contribution in [0.4, 0.5) is 5.69 Å². The maximum Gasteiger partial charge on any atom is 0.296 e. The number of Topliss-reactive ketones (excluding diaryl/α,β-unsaturated/α-hetero) is 1. The van der Waals surface area contributed by atoms with Gasteiger partial charge in [-0.1, -0.05) is 18.2 Å². The molecule has 3 aliphatic rings. The lowest BCUT2D eigenvalue weighted by Crippen LogP contribution is -2.52. The van der Waals surface area contributed by atoms with E-state index in [1.165, 1.54) is 45.5 Å². The number of aliphatic hydroxyl groups excluding tert-OH is 1. The van der Waals surface area contributed by atoms with Crippen molar-refractivity contribution in [1.29, 1.82) is 0 Å². The maximum absolute atomic E-state index is 14.1. The van der Waals surface area contributed by atoms with Gasteiger partial charge in [-0.05, 0) is 37.3 Å². The molecular weight excluding hydrogens is 526 g/mol. The molecular formula is C27H29N3O8S. The summed E-state index contributed by atoms with van der Waals surface area (Å²) in [4.78, 5) is 43.6. The summed E-state index contributed by atoms with van der Waals surface area (Å²) < 4.78 is 37.8. The minimum Gasteiger partial charge on any atom is -0.507 e. The number of ketones is 1. The van der Waals surface area contributed by atoms with Gasteiger partial charge in [-0.2, -0.15) is 4.31 Å². The topological polar surface area (TPSA) is 134 Å². The van der Waals surface area contributed by atoms with Crippen molar-refractivity contribution in [2.24, 2.45) is 0 Å². The Morgan fingerprint density at radius 3 is 2.36 bits per heavy atom. The second-order valence-corrected chi connectivity index (χ2v) is 11.3. The van der Waals surface area contributed by atoms with E-state index in [4.69, 9.17) is 9.47 Å². The fraction of sp³-hybridized carbons (Fsp3) is 0.370. The molecule has 2 saturated heterocycles. The first-order valence-electron chi connectivity index (χ1n) is 12.6. The Balaban J connectivity index is 1.66. The molecule has 1 atom stereocenters. The molecule has 0 aliphatic carbocycles. The van der Waals surface area contributed by atoms with Crippen LogP contribution < -0.4 is 4.90 Å². The number of carbonyl (C=O) groups excluding carboxylic acids is 3. The summed E-state index contributed by atoms with van der Waals surface area (Å²) in [5, 5.41) is 11.5. The minimum atomic E-state index is -3.79. The third-order valence-corrected chi connectivity index (χ3v) is 9.29. The first-order chi connectivity index (χ1) is 18.7. The second-order valence-electron chi connectivity index (χ2n) is 9.32. The number of nitrogens with zero attached hydrogens (tertiary/aromatic N) is 3. The normalized spacial score (nSPS) is 23.2. The molecule has 5 rings (SSSR count). The fourth-order valence-corrected chi connectivity index (χ4v) is 6.94. The summed E-state index contributed by atoms with van der Waals surface area (Å²) in [5.41, 5.74) is -1.21. The number of hydrogen-bond donors (Lipinski definition) is 1. The molecule has 0 bridgehead atoms. The average molecular weight is 556 g/mol. The highest BCUT2D eigenvalue weighted by Gasteiger charge is 2.66. The molecule has 2 aromatic rings. The highest BCUT2D eigenvalue weighted by atomic mass is 32.2. The number of ether oxygens (including phenoxy) is 2. The summed E-state index contributed by atoms with van der Waals surface area (Å²) >= 11 is 0. The fourth-order valence-electron chi connectivity index (χ4n) is 5.53. The van der Waals surface area contributed by atoms with E-state index in [2.05, 4.69) is 0 Å². The Morgan fingerprint density at radius 2 is 1.72 bits per heavy atom. The molecule has 2 aromatic carbocycles. The van der Waals surface area contributed by atoms with Crippen molar-refractivity contribution < 1.29 is 37.4 Å². The van der Waals surface area contributed by atoms with Crippen LogP contribution in [0.1, 0.15) is 18.1 Å². The second kappa shape index (κ2) is 10.2. The molecule has 2 amide bonds. The summed E-state index contributed by atoms with van der Waals surface area (Å²) in [6.45, 7) is 3.11. The molecule has 1 unspecified atom stereocenters. The number of aliphatic hydroxyl groups is 1. The number of anilines is 1. The van der Waals surface area contributed by atoms with E-state index in [0.29, 0.717) is 24.5 Å². The van der Waals surface area contributed by atoms with E-state index in [1.54, 1.807) is 31.2 Å². The molecule has 3 heterocycles. The molecule has 1 spiro atoms. The number of morpholine rings is 1. The molecule has 0 radical (unpaired) electrons. The summed E-state index contributed by atoms with van der Waals surface area (Å²) in [5.74, 6) is -3.03. The number of methoxy groups -OCH3 is 1. The molecule has 39 heavy (non-hydrogen) atoms. The highest BCUT2D eigenvalue weighted by Crippen LogP contribution is 2.53. The number of likely N-dealkylation sites (N-methyl/N-ethyl adjacent to an activating group) is 1. The van der Waals surface area contributed by atoms with Gasteiger partial charge >= 0.3 is 0 Å². The van der Waals surface area contributed by atoms with Crippen LogP contribution in [0.5, 0.6) is 0 Å². The number of para-hydroxylation sites is 1. The van der Waals surface area contributed by atoms with E-state index in [9.17, 15) is 27.9 Å². The number of fused-ring (bicyclic) bond motifs is 2. The Kier molecular flexibility index (Phi) is 7.06. The summed E-state index contributed by atoms with van der Waals surface area (Å²) in [7, 11) is -2.35. The number of sulfonamides is 1. The van der Waals surface area contributed by atoms with Gasteiger partial charge in [0.15, 0.2) is 5.54 Å². The van der Waals surface area contributed by atoms with Gasteiger partial charge in [0, 0.05) is 44.4 Å². The zero-order chi connectivity index (χ0) is 27.9. The van der Waals surface area contributed by atoms with Crippen molar-refractivity contribution in [1.82, 2.24) is 9.21 Å². The van der Waals surface area contributed by atoms with Crippen LogP contribution in [0.2, 0.25) is 0 Å². The van der Waals surface area contributed by atoms with E-state index in [0.717, 1.165) is 0 Å². The molecule has 1 N–H and O–H groups in total. The summed E-state index contributed by atoms with van der Waals surface area (Å²) in [6, 6.07) is 12.2. The third-order valence-electron chi connectivity index (χ3n) is 7.38. The molecule has 12 heteroatoms. The van der Waals surface area contributed by atoms with Gasteiger partial charge in [0.25, 0.3) is 17.6 Å². The summed E-state index contributed by atoms with van der Waals surface area (Å²) in [6.07, 6.45) is 0. The van der Waals surface area contributed by atoms with Crippen LogP contribution in [0, 0.1) is 0 Å². The molecule has 2 fully saturated rings. The lowest BCUT2D eigenvalue weighted by molar-refractivity contribution is -0.144. The Bertz CT molecular complexity index is 1460. The van der Waals surface area contributed by atoms with Crippen LogP contribution in [0.25, 0.3) is 5.76 Å². The smallest absolute Gasteiger partial charge is 0.296 e. The Hall–Kier alpha value is -3.58. The third kappa shape index (κ3) is 3.97. The van der Waals surface area contributed by atoms with Crippen LogP contribution >= 0.6 is 0 Å². The van der Waals surface area contributed by atoms with E-state index in [-0.39, 0.29) is 48.8 Å². The lowest BCUT2D eigenvalue weighted by Gasteiger charge is -2.34. The van der Waals surface area contributed by atoms with E-state index in [1.807, 2.05) is 0 Å². The van der Waals surface area contributed by atoms with Gasteiger partial charge < -0.3 is 24.4 Å². The first-order valence-corrected chi connectivity index (χ1v) is 14.0. The number of carbonyl (C=O) groups is 3. The van der Waals surface area contributed by atoms with Crippen molar-refractivity contribution in [3.05, 3.63) is 65.2 Å². The lowest BCUT2D eigenvalue weighted by atomic mass is 9.82. The highest BCUT2D eigenvalue weighted by molar-refractivity contribution is 7.89. The maximum atomic E-state index is 14.1. The van der Waals surface area contributed by atoms with Gasteiger partial charge in [-0.15, -0.1) is 0 Å². The number of benzene rings is 2. The van der Waals surface area contributed by atoms with Crippen molar-refractivity contribution in [2.75, 3.05) is 58.0 Å². The van der Waals surface area contributed by atoms with Gasteiger partial charge in [-0.3, -0.25) is 14.4 Å². The van der Waals surface area contributed by atoms with Crippen molar-refractivity contribution in [3.63, 3.8) is 0 Å². The molecule has 206 valence electrons. The molecule has 0 saturated carbocycles. The predicted molar refractivity (Wildman–Crippen MR) is 140 cm³/mol. The predicted octanol–water partition coefficient (Wildman–Crippen LogP) is 1.30. The van der Waals surface area contributed by atoms with Crippen LogP contribution in [-0.2, 0) is 39.4 Å².